The molecule has 4 rings (SSSR count). The number of carbonyl (C=O) groups excluding carboxylic acids is 4. The van der Waals surface area contributed by atoms with Gasteiger partial charge in [0.05, 0.1) is 17.7 Å². The highest BCUT2D eigenvalue weighted by Gasteiger charge is 2.45. The summed E-state index contributed by atoms with van der Waals surface area (Å²) in [4.78, 5) is 50.3. The number of hydrogen-bond donors (Lipinski definition) is 4. The lowest BCUT2D eigenvalue weighted by atomic mass is 10.0. The molecule has 0 bridgehead atoms. The molecule has 2 fully saturated rings. The number of rotatable bonds is 5. The Kier molecular flexibility index (Phi) is 4.96. The van der Waals surface area contributed by atoms with E-state index in [9.17, 15) is 24.3 Å². The van der Waals surface area contributed by atoms with E-state index in [1.165, 1.54) is 0 Å². The molecule has 2 saturated heterocycles. The summed E-state index contributed by atoms with van der Waals surface area (Å²) in [6.45, 7) is 1.19. The van der Waals surface area contributed by atoms with Gasteiger partial charge >= 0.3 is 0 Å². The number of fused-ring (bicyclic) bond motifs is 1. The maximum absolute atomic E-state index is 13.0. The summed E-state index contributed by atoms with van der Waals surface area (Å²) in [5, 5.41) is 18.0. The van der Waals surface area contributed by atoms with E-state index in [-0.39, 0.29) is 37.1 Å². The predicted octanol–water partition coefficient (Wildman–Crippen LogP) is -1.10. The minimum atomic E-state index is -0.963. The van der Waals surface area contributed by atoms with Gasteiger partial charge in [-0.2, -0.15) is 0 Å². The van der Waals surface area contributed by atoms with E-state index < -0.39 is 29.7 Å². The number of carbonyl (C=O) groups is 4. The minimum Gasteiger partial charge on any atom is -0.395 e. The Balaban J connectivity index is 1.53. The standard InChI is InChI=1S/C19H22N4O5/c24-9-12-6-11(8-21-12)20-7-10-2-1-3-13-16(10)19(28)23(18(13)27)14-4-5-15(25)22-17(14)26/h1-3,11-12,14,20-21,24H,4-9H2,(H,22,25,26)/t11-,12-,14?/m1/s1. The molecule has 28 heavy (non-hydrogen) atoms. The summed E-state index contributed by atoms with van der Waals surface area (Å²) in [5.41, 5.74) is 1.29. The van der Waals surface area contributed by atoms with Gasteiger partial charge in [0.25, 0.3) is 11.8 Å². The lowest BCUT2D eigenvalue weighted by molar-refractivity contribution is -0.136. The fourth-order valence-corrected chi connectivity index (χ4v) is 4.10. The summed E-state index contributed by atoms with van der Waals surface area (Å²) in [6.07, 6.45) is 1.01. The van der Waals surface area contributed by atoms with Gasteiger partial charge in [0.2, 0.25) is 11.8 Å². The monoisotopic (exact) mass is 386 g/mol. The predicted molar refractivity (Wildman–Crippen MR) is 97.2 cm³/mol. The third-order valence-corrected chi connectivity index (χ3v) is 5.58. The van der Waals surface area contributed by atoms with Crippen molar-refractivity contribution in [1.82, 2.24) is 20.9 Å². The molecule has 3 atom stereocenters. The number of aliphatic hydroxyl groups excluding tert-OH is 1. The molecule has 0 aliphatic carbocycles. The molecule has 0 saturated carbocycles. The smallest absolute Gasteiger partial charge is 0.262 e. The van der Waals surface area contributed by atoms with E-state index in [4.69, 9.17) is 0 Å². The molecule has 1 aromatic rings. The summed E-state index contributed by atoms with van der Waals surface area (Å²) in [5.74, 6) is -2.00. The molecule has 1 aromatic carbocycles. The van der Waals surface area contributed by atoms with E-state index in [0.29, 0.717) is 17.7 Å². The topological polar surface area (TPSA) is 128 Å². The average Bonchev–Trinajstić information content (AvgIpc) is 3.24. The maximum Gasteiger partial charge on any atom is 0.262 e. The van der Waals surface area contributed by atoms with Crippen molar-refractivity contribution in [2.75, 3.05) is 13.2 Å². The first kappa shape index (κ1) is 18.7. The number of nitrogens with one attached hydrogen (secondary N) is 3. The molecule has 3 aliphatic heterocycles. The summed E-state index contributed by atoms with van der Waals surface area (Å²) in [7, 11) is 0. The summed E-state index contributed by atoms with van der Waals surface area (Å²) in [6, 6.07) is 4.35. The summed E-state index contributed by atoms with van der Waals surface area (Å²) >= 11 is 0. The van der Waals surface area contributed by atoms with Gasteiger partial charge in [0.15, 0.2) is 0 Å². The molecule has 9 nitrogen and oxygen atoms in total. The molecule has 0 aromatic heterocycles. The molecular formula is C19H22N4O5. The highest BCUT2D eigenvalue weighted by Crippen LogP contribution is 2.30. The normalized spacial score (nSPS) is 27.3. The fraction of sp³-hybridized carbons (Fsp3) is 0.474. The molecule has 3 heterocycles. The van der Waals surface area contributed by atoms with Crippen LogP contribution in [0.4, 0.5) is 0 Å². The van der Waals surface area contributed by atoms with Crippen LogP contribution in [0.25, 0.3) is 0 Å². The van der Waals surface area contributed by atoms with Crippen LogP contribution >= 0.6 is 0 Å². The van der Waals surface area contributed by atoms with E-state index in [2.05, 4.69) is 16.0 Å². The SMILES string of the molecule is O=C1CCC(N2C(=O)c3cccc(CN[C@H]4CN[C@@H](CO)C4)c3C2=O)C(=O)N1. The Morgan fingerprint density at radius 3 is 2.71 bits per heavy atom. The van der Waals surface area contributed by atoms with Crippen LogP contribution < -0.4 is 16.0 Å². The van der Waals surface area contributed by atoms with E-state index in [0.717, 1.165) is 17.9 Å². The van der Waals surface area contributed by atoms with Crippen molar-refractivity contribution in [1.29, 1.82) is 0 Å². The molecule has 9 heteroatoms. The number of amides is 4. The highest BCUT2D eigenvalue weighted by atomic mass is 16.3. The van der Waals surface area contributed by atoms with Crippen LogP contribution in [0.3, 0.4) is 0 Å². The zero-order chi connectivity index (χ0) is 19.8. The van der Waals surface area contributed by atoms with Crippen LogP contribution in [0, 0.1) is 0 Å². The Bertz CT molecular complexity index is 855. The van der Waals surface area contributed by atoms with Crippen molar-refractivity contribution >= 4 is 23.6 Å². The second kappa shape index (κ2) is 7.42. The first-order chi connectivity index (χ1) is 13.5. The third-order valence-electron chi connectivity index (χ3n) is 5.58. The second-order valence-corrected chi connectivity index (χ2v) is 7.39. The van der Waals surface area contributed by atoms with Crippen molar-refractivity contribution in [2.24, 2.45) is 0 Å². The number of hydrogen-bond acceptors (Lipinski definition) is 7. The van der Waals surface area contributed by atoms with Gasteiger partial charge in [-0.15, -0.1) is 0 Å². The fourth-order valence-electron chi connectivity index (χ4n) is 4.10. The number of benzene rings is 1. The maximum atomic E-state index is 13.0. The quantitative estimate of drug-likeness (QED) is 0.473. The Hall–Kier alpha value is -2.62. The number of aliphatic hydroxyl groups is 1. The van der Waals surface area contributed by atoms with Crippen molar-refractivity contribution in [2.45, 2.75) is 43.9 Å². The molecule has 1 unspecified atom stereocenters. The number of imide groups is 2. The van der Waals surface area contributed by atoms with E-state index >= 15 is 0 Å². The lowest BCUT2D eigenvalue weighted by Crippen LogP contribution is -2.54. The van der Waals surface area contributed by atoms with Gasteiger partial charge < -0.3 is 15.7 Å². The molecule has 3 aliphatic rings. The minimum absolute atomic E-state index is 0.0604. The molecule has 0 spiro atoms. The molecule has 4 N–H and O–H groups in total. The van der Waals surface area contributed by atoms with Gasteiger partial charge in [-0.05, 0) is 24.5 Å². The number of nitrogens with zero attached hydrogens (tertiary/aromatic N) is 1. The molecule has 4 amide bonds. The summed E-state index contributed by atoms with van der Waals surface area (Å²) < 4.78 is 0. The zero-order valence-corrected chi connectivity index (χ0v) is 15.2. The number of piperidine rings is 1. The van der Waals surface area contributed by atoms with Gasteiger partial charge in [0.1, 0.15) is 6.04 Å². The van der Waals surface area contributed by atoms with Crippen LogP contribution in [0.1, 0.15) is 45.5 Å². The van der Waals surface area contributed by atoms with Gasteiger partial charge in [-0.3, -0.25) is 29.4 Å². The first-order valence-electron chi connectivity index (χ1n) is 9.40. The van der Waals surface area contributed by atoms with Crippen LogP contribution in [0.2, 0.25) is 0 Å². The molecule has 148 valence electrons. The molecular weight excluding hydrogens is 364 g/mol. The Morgan fingerprint density at radius 2 is 2.00 bits per heavy atom. The van der Waals surface area contributed by atoms with Gasteiger partial charge in [0, 0.05) is 31.6 Å². The van der Waals surface area contributed by atoms with E-state index in [1.807, 2.05) is 0 Å². The second-order valence-electron chi connectivity index (χ2n) is 7.39. The van der Waals surface area contributed by atoms with E-state index in [1.54, 1.807) is 18.2 Å². The van der Waals surface area contributed by atoms with Gasteiger partial charge in [-0.1, -0.05) is 12.1 Å². The largest absolute Gasteiger partial charge is 0.395 e. The van der Waals surface area contributed by atoms with Crippen LogP contribution in [0.5, 0.6) is 0 Å². The third kappa shape index (κ3) is 3.21. The van der Waals surface area contributed by atoms with Crippen molar-refractivity contribution in [3.05, 3.63) is 34.9 Å². The molecule has 0 radical (unpaired) electrons. The van der Waals surface area contributed by atoms with Crippen molar-refractivity contribution in [3.8, 4) is 0 Å². The van der Waals surface area contributed by atoms with Crippen LogP contribution in [0.15, 0.2) is 18.2 Å². The highest BCUT2D eigenvalue weighted by molar-refractivity contribution is 6.24. The van der Waals surface area contributed by atoms with Crippen molar-refractivity contribution in [3.63, 3.8) is 0 Å². The van der Waals surface area contributed by atoms with Crippen molar-refractivity contribution < 1.29 is 24.3 Å². The Labute approximate surface area is 161 Å². The Morgan fingerprint density at radius 1 is 1.18 bits per heavy atom. The average molecular weight is 386 g/mol. The van der Waals surface area contributed by atoms with Crippen LogP contribution in [-0.4, -0.2) is 64.9 Å². The van der Waals surface area contributed by atoms with Gasteiger partial charge in [-0.25, -0.2) is 0 Å². The first-order valence-corrected chi connectivity index (χ1v) is 9.40. The lowest BCUT2D eigenvalue weighted by Gasteiger charge is -2.27. The zero-order valence-electron chi connectivity index (χ0n) is 15.2. The van der Waals surface area contributed by atoms with Crippen LogP contribution in [-0.2, 0) is 16.1 Å².